The molecule has 142 valence electrons. The van der Waals surface area contributed by atoms with Crippen molar-refractivity contribution in [3.63, 3.8) is 0 Å². The molecule has 0 saturated carbocycles. The number of rotatable bonds is 7. The number of nitrogens with zero attached hydrogens (tertiary/aromatic N) is 2. The Bertz CT molecular complexity index is 863. The molecule has 1 aliphatic heterocycles. The summed E-state index contributed by atoms with van der Waals surface area (Å²) < 4.78 is 27.5. The molecule has 1 aromatic carbocycles. The highest BCUT2D eigenvalue weighted by Gasteiger charge is 2.27. The Balaban J connectivity index is 1.94. The lowest BCUT2D eigenvalue weighted by atomic mass is 9.93. The normalized spacial score (nSPS) is 15.3. The van der Waals surface area contributed by atoms with E-state index in [9.17, 15) is 8.78 Å². The average Bonchev–Trinajstić information content (AvgIpc) is 2.63. The van der Waals surface area contributed by atoms with E-state index in [1.54, 1.807) is 29.3 Å². The van der Waals surface area contributed by atoms with E-state index in [0.29, 0.717) is 42.1 Å². The third kappa shape index (κ3) is 3.80. The monoisotopic (exact) mass is 373 g/mol. The summed E-state index contributed by atoms with van der Waals surface area (Å²) in [6, 6.07) is 6.14. The summed E-state index contributed by atoms with van der Waals surface area (Å²) in [5, 5.41) is 18.0. The maximum absolute atomic E-state index is 14.4. The Morgan fingerprint density at radius 3 is 2.81 bits per heavy atom. The van der Waals surface area contributed by atoms with Crippen molar-refractivity contribution >= 4 is 23.4 Å². The van der Waals surface area contributed by atoms with Gasteiger partial charge in [-0.2, -0.15) is 0 Å². The van der Waals surface area contributed by atoms with Gasteiger partial charge < -0.3 is 21.4 Å². The van der Waals surface area contributed by atoms with Crippen LogP contribution in [0.25, 0.3) is 0 Å². The van der Waals surface area contributed by atoms with Crippen LogP contribution >= 0.6 is 0 Å². The molecule has 6 nitrogen and oxygen atoms in total. The molecule has 8 heteroatoms. The van der Waals surface area contributed by atoms with Gasteiger partial charge in [-0.25, -0.2) is 13.8 Å². The number of nitrogen functional groups attached to an aromatic ring is 1. The minimum absolute atomic E-state index is 0.138. The van der Waals surface area contributed by atoms with Gasteiger partial charge in [-0.3, -0.25) is 5.41 Å². The molecule has 0 bridgehead atoms. The predicted octanol–water partition coefficient (Wildman–Crippen LogP) is 1.30. The first-order valence-corrected chi connectivity index (χ1v) is 8.76. The first-order chi connectivity index (χ1) is 12.9. The molecule has 1 fully saturated rings. The summed E-state index contributed by atoms with van der Waals surface area (Å²) in [5.74, 6) is -0.285. The third-order valence-corrected chi connectivity index (χ3v) is 4.72. The molecule has 0 spiro atoms. The zero-order chi connectivity index (χ0) is 19.6. The molecular formula is C19H23F2N6+. The maximum Gasteiger partial charge on any atom is 0.135 e. The van der Waals surface area contributed by atoms with Gasteiger partial charge in [0.2, 0.25) is 0 Å². The molecular weight excluding hydrogens is 350 g/mol. The molecule has 27 heavy (non-hydrogen) atoms. The van der Waals surface area contributed by atoms with Crippen LogP contribution in [-0.2, 0) is 0 Å². The smallest absolute Gasteiger partial charge is 0.135 e. The number of likely N-dealkylation sites (N-methyl/N-ethyl adjacent to an activating group) is 1. The Kier molecular flexibility index (Phi) is 5.46. The predicted molar refractivity (Wildman–Crippen MR) is 102 cm³/mol. The standard InChI is InChI=1S/C19H22F2N6/c1-25-8-12(7-22)14-5-15(17(23)6-16(14)21)19(24)11-2-3-26-18(4-11)27-9-13(20)10-27/h2-7,12-13,22,24-25H,8-10,23H2,1H3/p+1. The van der Waals surface area contributed by atoms with Crippen molar-refractivity contribution in [1.82, 2.24) is 4.98 Å². The van der Waals surface area contributed by atoms with Crippen LogP contribution in [0.4, 0.5) is 20.3 Å². The lowest BCUT2D eigenvalue weighted by Crippen LogP contribution is -2.81. The highest BCUT2D eigenvalue weighted by molar-refractivity contribution is 6.14. The summed E-state index contributed by atoms with van der Waals surface area (Å²) in [6.07, 6.45) is 1.92. The van der Waals surface area contributed by atoms with Crippen molar-refractivity contribution in [2.24, 2.45) is 0 Å². The van der Waals surface area contributed by atoms with Gasteiger partial charge in [0.05, 0.1) is 38.3 Å². The fraction of sp³-hybridized carbons (Fsp3) is 0.316. The Hall–Kier alpha value is -2.87. The summed E-state index contributed by atoms with van der Waals surface area (Å²) in [7, 11) is 1.85. The molecule has 1 aromatic heterocycles. The van der Waals surface area contributed by atoms with Gasteiger partial charge >= 0.3 is 0 Å². The fourth-order valence-corrected chi connectivity index (χ4v) is 3.16. The average molecular weight is 373 g/mol. The van der Waals surface area contributed by atoms with E-state index in [1.165, 1.54) is 12.3 Å². The summed E-state index contributed by atoms with van der Waals surface area (Å²) >= 11 is 0. The van der Waals surface area contributed by atoms with Crippen LogP contribution in [0.5, 0.6) is 0 Å². The Morgan fingerprint density at radius 2 is 2.19 bits per heavy atom. The highest BCUT2D eigenvalue weighted by Crippen LogP contribution is 2.27. The minimum atomic E-state index is -0.848. The topological polar surface area (TPSA) is 106 Å². The van der Waals surface area contributed by atoms with Crippen LogP contribution in [0.15, 0.2) is 30.5 Å². The zero-order valence-electron chi connectivity index (χ0n) is 15.0. The number of halogens is 2. The lowest BCUT2D eigenvalue weighted by Gasteiger charge is -2.35. The van der Waals surface area contributed by atoms with Crippen molar-refractivity contribution in [2.75, 3.05) is 37.3 Å². The van der Waals surface area contributed by atoms with Crippen molar-refractivity contribution in [2.45, 2.75) is 12.1 Å². The molecule has 3 rings (SSSR count). The largest absolute Gasteiger partial charge is 0.398 e. The zero-order valence-corrected chi connectivity index (χ0v) is 15.0. The van der Waals surface area contributed by atoms with E-state index in [-0.39, 0.29) is 11.4 Å². The number of benzene rings is 1. The first-order valence-electron chi connectivity index (χ1n) is 8.76. The SMILES string of the molecule is C[NH2+]CC(C=N)c1cc(C(=N)c2ccnc(N3CC(F)C3)c2)c(N)cc1F. The number of quaternary nitrogens is 1. The number of nitrogens with two attached hydrogens (primary N) is 2. The number of nitrogens with one attached hydrogen (secondary N) is 2. The number of aromatic nitrogens is 1. The van der Waals surface area contributed by atoms with Gasteiger partial charge in [0.15, 0.2) is 0 Å². The van der Waals surface area contributed by atoms with Crippen molar-refractivity contribution in [3.8, 4) is 0 Å². The quantitative estimate of drug-likeness (QED) is 0.434. The van der Waals surface area contributed by atoms with Crippen LogP contribution in [0, 0.1) is 16.6 Å². The van der Waals surface area contributed by atoms with Gasteiger partial charge in [-0.1, -0.05) is 0 Å². The molecule has 1 aliphatic rings. The van der Waals surface area contributed by atoms with Crippen LogP contribution < -0.4 is 16.0 Å². The van der Waals surface area contributed by atoms with E-state index < -0.39 is 17.9 Å². The van der Waals surface area contributed by atoms with E-state index in [2.05, 4.69) is 4.98 Å². The molecule has 0 amide bonds. The number of hydrogen-bond donors (Lipinski definition) is 4. The van der Waals surface area contributed by atoms with E-state index >= 15 is 0 Å². The van der Waals surface area contributed by atoms with Crippen molar-refractivity contribution in [1.29, 1.82) is 10.8 Å². The number of pyridine rings is 1. The van der Waals surface area contributed by atoms with E-state index in [0.717, 1.165) is 0 Å². The fourth-order valence-electron chi connectivity index (χ4n) is 3.16. The van der Waals surface area contributed by atoms with Crippen LogP contribution in [0.3, 0.4) is 0 Å². The van der Waals surface area contributed by atoms with Gasteiger partial charge in [0, 0.05) is 34.8 Å². The van der Waals surface area contributed by atoms with Gasteiger partial charge in [-0.05, 0) is 24.3 Å². The first kappa shape index (κ1) is 18.9. The molecule has 0 aliphatic carbocycles. The lowest BCUT2D eigenvalue weighted by molar-refractivity contribution is -0.627. The Labute approximate surface area is 156 Å². The molecule has 2 heterocycles. The third-order valence-electron chi connectivity index (χ3n) is 4.72. The van der Waals surface area contributed by atoms with Gasteiger partial charge in [0.25, 0.3) is 0 Å². The summed E-state index contributed by atoms with van der Waals surface area (Å²) in [5.41, 5.74) is 7.59. The highest BCUT2D eigenvalue weighted by atomic mass is 19.1. The second-order valence-corrected chi connectivity index (χ2v) is 6.66. The number of hydrogen-bond acceptors (Lipinski definition) is 5. The Morgan fingerprint density at radius 1 is 1.44 bits per heavy atom. The van der Waals surface area contributed by atoms with Crippen LogP contribution in [0.1, 0.15) is 22.6 Å². The number of alkyl halides is 1. The van der Waals surface area contributed by atoms with Crippen LogP contribution in [-0.4, -0.2) is 49.8 Å². The van der Waals surface area contributed by atoms with Crippen molar-refractivity contribution < 1.29 is 14.1 Å². The molecule has 1 unspecified atom stereocenters. The van der Waals surface area contributed by atoms with E-state index in [4.69, 9.17) is 16.6 Å². The van der Waals surface area contributed by atoms with Crippen LogP contribution in [0.2, 0.25) is 0 Å². The molecule has 0 radical (unpaired) electrons. The summed E-state index contributed by atoms with van der Waals surface area (Å²) in [6.45, 7) is 1.11. The second-order valence-electron chi connectivity index (χ2n) is 6.66. The molecule has 1 atom stereocenters. The molecule has 6 N–H and O–H groups in total. The number of anilines is 2. The van der Waals surface area contributed by atoms with Crippen molar-refractivity contribution in [3.05, 3.63) is 53.0 Å². The maximum atomic E-state index is 14.4. The summed E-state index contributed by atoms with van der Waals surface area (Å²) in [4.78, 5) is 6.02. The molecule has 2 aromatic rings. The molecule has 1 saturated heterocycles. The van der Waals surface area contributed by atoms with Gasteiger partial charge in [0.1, 0.15) is 17.8 Å². The second kappa shape index (κ2) is 7.79. The van der Waals surface area contributed by atoms with E-state index in [1.807, 2.05) is 12.4 Å². The minimum Gasteiger partial charge on any atom is -0.398 e. The van der Waals surface area contributed by atoms with Gasteiger partial charge in [-0.15, -0.1) is 0 Å².